The molecule has 0 aliphatic heterocycles. The number of esters is 1. The largest absolute Gasteiger partial charge is 0.455 e. The van der Waals surface area contributed by atoms with E-state index in [1.807, 2.05) is 55.5 Å². The molecule has 4 rings (SSSR count). The molecule has 0 fully saturated rings. The summed E-state index contributed by atoms with van der Waals surface area (Å²) in [6.45, 7) is 1.49. The summed E-state index contributed by atoms with van der Waals surface area (Å²) in [4.78, 5) is 24.4. The summed E-state index contributed by atoms with van der Waals surface area (Å²) in [6.07, 6.45) is 0. The molecule has 0 saturated carbocycles. The monoisotopic (exact) mass is 476 g/mol. The zero-order valence-electron chi connectivity index (χ0n) is 18.3. The molecule has 0 aliphatic carbocycles. The number of para-hydroxylation sites is 2. The van der Waals surface area contributed by atoms with Crippen LogP contribution in [0.5, 0.6) is 0 Å². The minimum Gasteiger partial charge on any atom is -0.455 e. The second-order valence-corrected chi connectivity index (χ2v) is 8.24. The van der Waals surface area contributed by atoms with E-state index in [2.05, 4.69) is 15.5 Å². The quantitative estimate of drug-likeness (QED) is 0.294. The first kappa shape index (κ1) is 23.2. The van der Waals surface area contributed by atoms with E-state index in [0.29, 0.717) is 22.2 Å². The lowest BCUT2D eigenvalue weighted by Gasteiger charge is -2.11. The van der Waals surface area contributed by atoms with Crippen LogP contribution in [0.2, 0.25) is 0 Å². The summed E-state index contributed by atoms with van der Waals surface area (Å²) < 4.78 is 20.3. The summed E-state index contributed by atoms with van der Waals surface area (Å²) in [7, 11) is 0. The third-order valence-corrected chi connectivity index (χ3v) is 5.76. The molecule has 1 aromatic heterocycles. The second kappa shape index (κ2) is 10.8. The fraction of sp³-hybridized carbons (Fsp3) is 0.120. The average molecular weight is 477 g/mol. The van der Waals surface area contributed by atoms with Crippen LogP contribution < -0.4 is 5.32 Å². The topological polar surface area (TPSA) is 86.1 Å². The number of halogens is 1. The molecule has 34 heavy (non-hydrogen) atoms. The van der Waals surface area contributed by atoms with Crippen molar-refractivity contribution in [1.29, 1.82) is 0 Å². The highest BCUT2D eigenvalue weighted by atomic mass is 32.2. The minimum atomic E-state index is -0.559. The maximum absolute atomic E-state index is 13.4. The van der Waals surface area contributed by atoms with Crippen molar-refractivity contribution in [2.75, 3.05) is 17.7 Å². The van der Waals surface area contributed by atoms with Gasteiger partial charge in [-0.05, 0) is 55.0 Å². The standard InChI is InChI=1S/C25H21FN4O3S/c1-17-7-5-6-10-21(17)27-22(31)15-33-23(32)16-34-25-29-28-24(18-11-13-19(26)14-12-18)30(25)20-8-3-2-4-9-20/h2-14H,15-16H2,1H3,(H,27,31). The van der Waals surface area contributed by atoms with Gasteiger partial charge in [0, 0.05) is 16.9 Å². The summed E-state index contributed by atoms with van der Waals surface area (Å²) in [5, 5.41) is 11.7. The molecule has 0 unspecified atom stereocenters. The third kappa shape index (κ3) is 5.68. The number of amides is 1. The van der Waals surface area contributed by atoms with E-state index in [-0.39, 0.29) is 18.2 Å². The van der Waals surface area contributed by atoms with Crippen LogP contribution in [-0.2, 0) is 14.3 Å². The Morgan fingerprint density at radius 2 is 1.68 bits per heavy atom. The van der Waals surface area contributed by atoms with Gasteiger partial charge < -0.3 is 10.1 Å². The van der Waals surface area contributed by atoms with Crippen LogP contribution >= 0.6 is 11.8 Å². The highest BCUT2D eigenvalue weighted by Gasteiger charge is 2.18. The van der Waals surface area contributed by atoms with Gasteiger partial charge >= 0.3 is 5.97 Å². The summed E-state index contributed by atoms with van der Waals surface area (Å²) in [5.74, 6) is -0.876. The molecule has 0 radical (unpaired) electrons. The molecular weight excluding hydrogens is 455 g/mol. The number of hydrogen-bond acceptors (Lipinski definition) is 6. The van der Waals surface area contributed by atoms with Crippen molar-refractivity contribution in [2.45, 2.75) is 12.1 Å². The molecule has 9 heteroatoms. The van der Waals surface area contributed by atoms with E-state index in [0.717, 1.165) is 23.0 Å². The molecule has 1 N–H and O–H groups in total. The maximum Gasteiger partial charge on any atom is 0.316 e. The van der Waals surface area contributed by atoms with Crippen molar-refractivity contribution in [3.63, 3.8) is 0 Å². The third-order valence-electron chi connectivity index (χ3n) is 4.85. The zero-order chi connectivity index (χ0) is 23.9. The normalized spacial score (nSPS) is 10.6. The van der Waals surface area contributed by atoms with Crippen LogP contribution in [0.25, 0.3) is 17.1 Å². The Labute approximate surface area is 200 Å². The van der Waals surface area contributed by atoms with Gasteiger partial charge in [-0.1, -0.05) is 48.2 Å². The summed E-state index contributed by atoms with van der Waals surface area (Å²) in [6, 6.07) is 22.7. The van der Waals surface area contributed by atoms with Crippen molar-refractivity contribution in [3.05, 3.63) is 90.2 Å². The maximum atomic E-state index is 13.4. The van der Waals surface area contributed by atoms with Crippen LogP contribution in [0, 0.1) is 12.7 Å². The van der Waals surface area contributed by atoms with Crippen LogP contribution in [0.1, 0.15) is 5.56 Å². The lowest BCUT2D eigenvalue weighted by Crippen LogP contribution is -2.22. The number of benzene rings is 3. The molecule has 3 aromatic carbocycles. The van der Waals surface area contributed by atoms with Crippen molar-refractivity contribution < 1.29 is 18.7 Å². The first-order valence-electron chi connectivity index (χ1n) is 10.4. The number of anilines is 1. The average Bonchev–Trinajstić information content (AvgIpc) is 3.28. The smallest absolute Gasteiger partial charge is 0.316 e. The number of nitrogens with zero attached hydrogens (tertiary/aromatic N) is 3. The molecule has 0 spiro atoms. The molecule has 0 saturated heterocycles. The fourth-order valence-electron chi connectivity index (χ4n) is 3.17. The molecule has 4 aromatic rings. The van der Waals surface area contributed by atoms with Gasteiger partial charge in [0.25, 0.3) is 5.91 Å². The van der Waals surface area contributed by atoms with Gasteiger partial charge in [0.2, 0.25) is 0 Å². The second-order valence-electron chi connectivity index (χ2n) is 7.30. The Bertz CT molecular complexity index is 1290. The Kier molecular flexibility index (Phi) is 7.34. The summed E-state index contributed by atoms with van der Waals surface area (Å²) >= 11 is 1.14. The molecule has 172 valence electrons. The van der Waals surface area contributed by atoms with Crippen LogP contribution in [0.4, 0.5) is 10.1 Å². The number of nitrogens with one attached hydrogen (secondary N) is 1. The van der Waals surface area contributed by atoms with Crippen LogP contribution in [-0.4, -0.2) is 39.0 Å². The van der Waals surface area contributed by atoms with Gasteiger partial charge in [-0.15, -0.1) is 10.2 Å². The lowest BCUT2D eigenvalue weighted by atomic mass is 10.2. The van der Waals surface area contributed by atoms with Gasteiger partial charge in [0.15, 0.2) is 17.6 Å². The Morgan fingerprint density at radius 1 is 0.971 bits per heavy atom. The van der Waals surface area contributed by atoms with Crippen molar-refractivity contribution in [1.82, 2.24) is 14.8 Å². The highest BCUT2D eigenvalue weighted by Crippen LogP contribution is 2.28. The van der Waals surface area contributed by atoms with E-state index in [1.165, 1.54) is 12.1 Å². The molecule has 0 atom stereocenters. The number of aromatic nitrogens is 3. The SMILES string of the molecule is Cc1ccccc1NC(=O)COC(=O)CSc1nnc(-c2ccc(F)cc2)n1-c1ccccc1. The Morgan fingerprint density at radius 3 is 2.41 bits per heavy atom. The summed E-state index contributed by atoms with van der Waals surface area (Å²) in [5.41, 5.74) is 3.05. The number of ether oxygens (including phenoxy) is 1. The predicted molar refractivity (Wildman–Crippen MR) is 128 cm³/mol. The van der Waals surface area contributed by atoms with Gasteiger partial charge in [-0.3, -0.25) is 14.2 Å². The van der Waals surface area contributed by atoms with Crippen LogP contribution in [0.3, 0.4) is 0 Å². The van der Waals surface area contributed by atoms with Gasteiger partial charge in [-0.2, -0.15) is 0 Å². The number of rotatable bonds is 8. The molecule has 1 amide bonds. The Hall–Kier alpha value is -3.98. The van der Waals surface area contributed by atoms with E-state index in [9.17, 15) is 14.0 Å². The van der Waals surface area contributed by atoms with Gasteiger partial charge in [0.1, 0.15) is 5.82 Å². The molecular formula is C25H21FN4O3S. The van der Waals surface area contributed by atoms with Crippen LogP contribution in [0.15, 0.2) is 84.0 Å². The molecule has 1 heterocycles. The van der Waals surface area contributed by atoms with Gasteiger partial charge in [-0.25, -0.2) is 4.39 Å². The van der Waals surface area contributed by atoms with E-state index < -0.39 is 11.9 Å². The predicted octanol–water partition coefficient (Wildman–Crippen LogP) is 4.66. The number of carbonyl (C=O) groups is 2. The first-order valence-corrected chi connectivity index (χ1v) is 11.4. The molecule has 7 nitrogen and oxygen atoms in total. The molecule has 0 bridgehead atoms. The fourth-order valence-corrected chi connectivity index (χ4v) is 3.92. The van der Waals surface area contributed by atoms with Crippen molar-refractivity contribution in [2.24, 2.45) is 0 Å². The van der Waals surface area contributed by atoms with Crippen molar-refractivity contribution in [3.8, 4) is 17.1 Å². The first-order chi connectivity index (χ1) is 16.5. The van der Waals surface area contributed by atoms with Crippen molar-refractivity contribution >= 4 is 29.3 Å². The highest BCUT2D eigenvalue weighted by molar-refractivity contribution is 7.99. The number of hydrogen-bond donors (Lipinski definition) is 1. The van der Waals surface area contributed by atoms with Gasteiger partial charge in [0.05, 0.1) is 5.75 Å². The van der Waals surface area contributed by atoms with E-state index in [4.69, 9.17) is 4.74 Å². The minimum absolute atomic E-state index is 0.0635. The number of carbonyl (C=O) groups excluding carboxylic acids is 2. The zero-order valence-corrected chi connectivity index (χ0v) is 19.1. The van der Waals surface area contributed by atoms with E-state index >= 15 is 0 Å². The molecule has 0 aliphatic rings. The Balaban J connectivity index is 1.42. The van der Waals surface area contributed by atoms with E-state index in [1.54, 1.807) is 22.8 Å². The lowest BCUT2D eigenvalue weighted by molar-refractivity contribution is -0.144. The number of aryl methyl sites for hydroxylation is 1. The number of thioether (sulfide) groups is 1.